The molecule has 0 aromatic heterocycles. The summed E-state index contributed by atoms with van der Waals surface area (Å²) in [6.45, 7) is 1.62. The Labute approximate surface area is 123 Å². The van der Waals surface area contributed by atoms with Crippen LogP contribution in [0.4, 0.5) is 0 Å². The average Bonchev–Trinajstić information content (AvgIpc) is 2.34. The molecular formula is C14H17Cl2NO2. The number of rotatable bonds is 4. The minimum absolute atomic E-state index is 0.109. The average molecular weight is 302 g/mol. The number of carboxylic acid groups (broad SMARTS) is 1. The van der Waals surface area contributed by atoms with Gasteiger partial charge in [0.2, 0.25) is 0 Å². The molecule has 1 unspecified atom stereocenters. The van der Waals surface area contributed by atoms with Crippen LogP contribution in [0.25, 0.3) is 0 Å². The van der Waals surface area contributed by atoms with Gasteiger partial charge in [0.15, 0.2) is 0 Å². The second-order valence-electron chi connectivity index (χ2n) is 4.95. The summed E-state index contributed by atoms with van der Waals surface area (Å²) in [5.74, 6) is -0.737. The summed E-state index contributed by atoms with van der Waals surface area (Å²) in [6.07, 6.45) is 3.35. The largest absolute Gasteiger partial charge is 0.481 e. The van der Waals surface area contributed by atoms with Crippen LogP contribution in [0, 0.1) is 0 Å². The van der Waals surface area contributed by atoms with Gasteiger partial charge in [0.05, 0.1) is 6.42 Å². The van der Waals surface area contributed by atoms with E-state index >= 15 is 0 Å². The van der Waals surface area contributed by atoms with Crippen molar-refractivity contribution < 1.29 is 9.90 Å². The molecule has 1 aliphatic heterocycles. The summed E-state index contributed by atoms with van der Waals surface area (Å²) in [6, 6.07) is 5.57. The van der Waals surface area contributed by atoms with Crippen molar-refractivity contribution in [1.29, 1.82) is 0 Å². The van der Waals surface area contributed by atoms with Gasteiger partial charge >= 0.3 is 5.97 Å². The molecule has 0 amide bonds. The van der Waals surface area contributed by atoms with Crippen LogP contribution in [0.1, 0.15) is 31.2 Å². The van der Waals surface area contributed by atoms with Gasteiger partial charge in [0.1, 0.15) is 0 Å². The van der Waals surface area contributed by atoms with Crippen LogP contribution in [0.15, 0.2) is 18.2 Å². The summed E-state index contributed by atoms with van der Waals surface area (Å²) in [7, 11) is 0. The first kappa shape index (κ1) is 14.6. The van der Waals surface area contributed by atoms with Crippen LogP contribution < -0.4 is 0 Å². The van der Waals surface area contributed by atoms with E-state index in [1.807, 2.05) is 12.1 Å². The molecule has 1 aromatic rings. The van der Waals surface area contributed by atoms with Gasteiger partial charge in [-0.05, 0) is 37.1 Å². The highest BCUT2D eigenvalue weighted by Gasteiger charge is 2.25. The molecule has 2 rings (SSSR count). The summed E-state index contributed by atoms with van der Waals surface area (Å²) in [5.41, 5.74) is 1.00. The lowest BCUT2D eigenvalue weighted by atomic mass is 9.98. The number of halogens is 2. The third-order valence-corrected chi connectivity index (χ3v) is 4.13. The minimum Gasteiger partial charge on any atom is -0.481 e. The van der Waals surface area contributed by atoms with E-state index in [1.165, 1.54) is 0 Å². The van der Waals surface area contributed by atoms with Crippen molar-refractivity contribution in [2.24, 2.45) is 0 Å². The number of benzene rings is 1. The zero-order valence-corrected chi connectivity index (χ0v) is 12.1. The first-order valence-electron chi connectivity index (χ1n) is 6.46. The fraction of sp³-hybridized carbons (Fsp3) is 0.500. The zero-order chi connectivity index (χ0) is 13.8. The van der Waals surface area contributed by atoms with E-state index < -0.39 is 5.97 Å². The Morgan fingerprint density at radius 2 is 2.16 bits per heavy atom. The Kier molecular flexibility index (Phi) is 5.08. The van der Waals surface area contributed by atoms with Gasteiger partial charge in [-0.1, -0.05) is 35.7 Å². The van der Waals surface area contributed by atoms with E-state index in [1.54, 1.807) is 6.07 Å². The number of carboxylic acids is 1. The summed E-state index contributed by atoms with van der Waals surface area (Å²) in [5, 5.41) is 10.2. The fourth-order valence-electron chi connectivity index (χ4n) is 2.57. The third-order valence-electron chi connectivity index (χ3n) is 3.55. The van der Waals surface area contributed by atoms with Gasteiger partial charge < -0.3 is 5.11 Å². The van der Waals surface area contributed by atoms with Crippen molar-refractivity contribution >= 4 is 29.2 Å². The number of hydrogen-bond donors (Lipinski definition) is 1. The molecule has 1 N–H and O–H groups in total. The maximum atomic E-state index is 10.9. The SMILES string of the molecule is O=C(O)CC1CCCCN1Cc1ccc(Cl)cc1Cl. The van der Waals surface area contributed by atoms with Crippen molar-refractivity contribution in [2.75, 3.05) is 6.54 Å². The van der Waals surface area contributed by atoms with Crippen LogP contribution in [0.5, 0.6) is 0 Å². The summed E-state index contributed by atoms with van der Waals surface area (Å²) < 4.78 is 0. The summed E-state index contributed by atoms with van der Waals surface area (Å²) >= 11 is 12.1. The molecule has 1 fully saturated rings. The molecule has 0 aliphatic carbocycles. The normalized spacial score (nSPS) is 20.4. The monoisotopic (exact) mass is 301 g/mol. The van der Waals surface area contributed by atoms with E-state index in [0.717, 1.165) is 31.4 Å². The maximum absolute atomic E-state index is 10.9. The van der Waals surface area contributed by atoms with Crippen molar-refractivity contribution in [2.45, 2.75) is 38.3 Å². The second kappa shape index (κ2) is 6.60. The maximum Gasteiger partial charge on any atom is 0.304 e. The topological polar surface area (TPSA) is 40.5 Å². The van der Waals surface area contributed by atoms with Gasteiger partial charge in [-0.2, -0.15) is 0 Å². The highest BCUT2D eigenvalue weighted by molar-refractivity contribution is 6.35. The van der Waals surface area contributed by atoms with E-state index in [9.17, 15) is 4.79 Å². The number of aliphatic carboxylic acids is 1. The second-order valence-corrected chi connectivity index (χ2v) is 5.80. The number of likely N-dealkylation sites (tertiary alicyclic amines) is 1. The quantitative estimate of drug-likeness (QED) is 0.919. The highest BCUT2D eigenvalue weighted by Crippen LogP contribution is 2.26. The Hall–Kier alpha value is -0.770. The standard InChI is InChI=1S/C14H17Cl2NO2/c15-11-5-4-10(13(16)7-11)9-17-6-2-1-3-12(17)8-14(18)19/h4-5,7,12H,1-3,6,8-9H2,(H,18,19). The molecule has 1 aromatic carbocycles. The van der Waals surface area contributed by atoms with Gasteiger partial charge in [0, 0.05) is 22.6 Å². The van der Waals surface area contributed by atoms with Crippen LogP contribution in [-0.4, -0.2) is 28.6 Å². The van der Waals surface area contributed by atoms with Gasteiger partial charge in [-0.15, -0.1) is 0 Å². The molecule has 5 heteroatoms. The van der Waals surface area contributed by atoms with Crippen LogP contribution >= 0.6 is 23.2 Å². The lowest BCUT2D eigenvalue weighted by Gasteiger charge is -2.35. The van der Waals surface area contributed by atoms with E-state index in [-0.39, 0.29) is 12.5 Å². The number of nitrogens with zero attached hydrogens (tertiary/aromatic N) is 1. The molecule has 0 bridgehead atoms. The molecule has 1 saturated heterocycles. The minimum atomic E-state index is -0.737. The van der Waals surface area contributed by atoms with Crippen molar-refractivity contribution in [3.8, 4) is 0 Å². The van der Waals surface area contributed by atoms with Crippen LogP contribution in [0.3, 0.4) is 0 Å². The number of piperidine rings is 1. The first-order valence-corrected chi connectivity index (χ1v) is 7.21. The predicted octanol–water partition coefficient (Wildman–Crippen LogP) is 3.82. The smallest absolute Gasteiger partial charge is 0.304 e. The van der Waals surface area contributed by atoms with E-state index in [0.29, 0.717) is 16.6 Å². The van der Waals surface area contributed by atoms with Crippen LogP contribution in [0.2, 0.25) is 10.0 Å². The molecule has 1 aliphatic rings. The van der Waals surface area contributed by atoms with Crippen molar-refractivity contribution in [3.05, 3.63) is 33.8 Å². The molecular weight excluding hydrogens is 285 g/mol. The Morgan fingerprint density at radius 3 is 2.84 bits per heavy atom. The number of hydrogen-bond acceptors (Lipinski definition) is 2. The molecule has 104 valence electrons. The molecule has 19 heavy (non-hydrogen) atoms. The zero-order valence-electron chi connectivity index (χ0n) is 10.6. The van der Waals surface area contributed by atoms with Crippen molar-refractivity contribution in [3.63, 3.8) is 0 Å². The summed E-state index contributed by atoms with van der Waals surface area (Å²) in [4.78, 5) is 13.1. The van der Waals surface area contributed by atoms with Gasteiger partial charge in [0.25, 0.3) is 0 Å². The number of carbonyl (C=O) groups is 1. The molecule has 0 radical (unpaired) electrons. The molecule has 1 heterocycles. The van der Waals surface area contributed by atoms with Gasteiger partial charge in [-0.25, -0.2) is 0 Å². The predicted molar refractivity (Wildman–Crippen MR) is 76.8 cm³/mol. The molecule has 1 atom stereocenters. The Balaban J connectivity index is 2.08. The van der Waals surface area contributed by atoms with E-state index in [4.69, 9.17) is 28.3 Å². The molecule has 0 spiro atoms. The van der Waals surface area contributed by atoms with Gasteiger partial charge in [-0.3, -0.25) is 9.69 Å². The van der Waals surface area contributed by atoms with Crippen LogP contribution in [-0.2, 0) is 11.3 Å². The lowest BCUT2D eigenvalue weighted by molar-refractivity contribution is -0.138. The van der Waals surface area contributed by atoms with Crippen molar-refractivity contribution in [1.82, 2.24) is 4.90 Å². The lowest BCUT2D eigenvalue weighted by Crippen LogP contribution is -2.40. The Morgan fingerprint density at radius 1 is 1.37 bits per heavy atom. The highest BCUT2D eigenvalue weighted by atomic mass is 35.5. The molecule has 3 nitrogen and oxygen atoms in total. The first-order chi connectivity index (χ1) is 9.06. The fourth-order valence-corrected chi connectivity index (χ4v) is 3.04. The third kappa shape index (κ3) is 4.10. The molecule has 0 saturated carbocycles. The van der Waals surface area contributed by atoms with E-state index in [2.05, 4.69) is 4.90 Å². The Bertz CT molecular complexity index is 465.